The third kappa shape index (κ3) is 6.40. The zero-order valence-electron chi connectivity index (χ0n) is 26.8. The van der Waals surface area contributed by atoms with Crippen LogP contribution in [0.15, 0.2) is 73.8 Å². The highest BCUT2D eigenvalue weighted by atomic mass is 79.9. The van der Waals surface area contributed by atoms with E-state index in [2.05, 4.69) is 34.4 Å². The topological polar surface area (TPSA) is 125 Å². The van der Waals surface area contributed by atoms with Gasteiger partial charge in [0.2, 0.25) is 11.8 Å². The van der Waals surface area contributed by atoms with Gasteiger partial charge in [0.25, 0.3) is 5.91 Å². The number of rotatable bonds is 14. The number of carbonyl (C=O) groups excluding carboxylic acids is 4. The Morgan fingerprint density at radius 2 is 1.85 bits per heavy atom. The van der Waals surface area contributed by atoms with E-state index in [1.54, 1.807) is 29.2 Å². The van der Waals surface area contributed by atoms with Gasteiger partial charge in [0.05, 0.1) is 31.1 Å². The van der Waals surface area contributed by atoms with Gasteiger partial charge in [-0.3, -0.25) is 19.2 Å². The highest BCUT2D eigenvalue weighted by molar-refractivity contribution is 9.09. The normalized spacial score (nSPS) is 26.4. The number of hydrogen-bond donors (Lipinski definition) is 2. The van der Waals surface area contributed by atoms with Crippen molar-refractivity contribution < 1.29 is 33.8 Å². The number of aliphatic hydroxyl groups is 1. The predicted molar refractivity (Wildman–Crippen MR) is 181 cm³/mol. The number of nitrogens with one attached hydrogen (secondary N) is 1. The van der Waals surface area contributed by atoms with Gasteiger partial charge in [-0.15, -0.1) is 13.2 Å². The second-order valence-corrected chi connectivity index (χ2v) is 13.5. The number of carbonyl (C=O) groups is 4. The molecule has 10 nitrogen and oxygen atoms in total. The fourth-order valence-electron chi connectivity index (χ4n) is 7.47. The van der Waals surface area contributed by atoms with Crippen LogP contribution in [0.5, 0.6) is 0 Å². The zero-order chi connectivity index (χ0) is 33.9. The Bertz CT molecular complexity index is 1510. The zero-order valence-corrected chi connectivity index (χ0v) is 28.4. The maximum absolute atomic E-state index is 14.7. The number of nitrogens with zero attached hydrogens (tertiary/aromatic N) is 2. The van der Waals surface area contributed by atoms with Crippen LogP contribution in [-0.4, -0.2) is 82.5 Å². The Labute approximate surface area is 283 Å². The van der Waals surface area contributed by atoms with Gasteiger partial charge in [-0.2, -0.15) is 0 Å². The summed E-state index contributed by atoms with van der Waals surface area (Å²) < 4.78 is 12.7. The van der Waals surface area contributed by atoms with Gasteiger partial charge in [0.15, 0.2) is 0 Å². The summed E-state index contributed by atoms with van der Waals surface area (Å²) in [4.78, 5) is 58.2. The number of allylic oxidation sites excluding steroid dienone is 1. The first kappa shape index (κ1) is 34.5. The van der Waals surface area contributed by atoms with Crippen molar-refractivity contribution in [2.45, 2.75) is 61.8 Å². The van der Waals surface area contributed by atoms with Crippen LogP contribution in [0.1, 0.15) is 42.1 Å². The summed E-state index contributed by atoms with van der Waals surface area (Å²) in [5.74, 6) is -3.68. The van der Waals surface area contributed by atoms with Gasteiger partial charge in [0, 0.05) is 30.0 Å². The molecule has 3 aliphatic heterocycles. The molecule has 0 radical (unpaired) electrons. The third-order valence-electron chi connectivity index (χ3n) is 9.41. The number of halogens is 1. The molecule has 1 spiro atoms. The Hall–Kier alpha value is -3.80. The van der Waals surface area contributed by atoms with Crippen LogP contribution < -0.4 is 10.2 Å². The number of hydrogen-bond acceptors (Lipinski definition) is 7. The lowest BCUT2D eigenvalue weighted by Gasteiger charge is -2.37. The number of anilines is 1. The monoisotopic (exact) mass is 707 g/mol. The van der Waals surface area contributed by atoms with Gasteiger partial charge < -0.3 is 29.7 Å². The highest BCUT2D eigenvalue weighted by Gasteiger charge is 2.77. The molecule has 47 heavy (non-hydrogen) atoms. The Morgan fingerprint density at radius 3 is 2.49 bits per heavy atom. The van der Waals surface area contributed by atoms with E-state index >= 15 is 0 Å². The fraction of sp³-hybridized carbons (Fsp3) is 0.444. The minimum absolute atomic E-state index is 0.0372. The number of aliphatic hydroxyl groups excluding tert-OH is 1. The molecular weight excluding hydrogens is 666 g/mol. The average Bonchev–Trinajstić information content (AvgIpc) is 3.65. The lowest BCUT2D eigenvalue weighted by atomic mass is 9.70. The van der Waals surface area contributed by atoms with E-state index in [1.807, 2.05) is 50.2 Å². The number of para-hydroxylation sites is 1. The van der Waals surface area contributed by atoms with Crippen LogP contribution in [-0.2, 0) is 28.7 Å². The number of aryl methyl sites for hydroxylation is 2. The van der Waals surface area contributed by atoms with Crippen molar-refractivity contribution in [1.29, 1.82) is 0 Å². The lowest BCUT2D eigenvalue weighted by Crippen LogP contribution is -2.57. The summed E-state index contributed by atoms with van der Waals surface area (Å²) in [6, 6.07) is 13.7. The number of benzene rings is 2. The van der Waals surface area contributed by atoms with Crippen LogP contribution in [0.2, 0.25) is 0 Å². The fourth-order valence-corrected chi connectivity index (χ4v) is 8.41. The molecular formula is C36H42BrN3O7. The maximum atomic E-state index is 14.7. The summed E-state index contributed by atoms with van der Waals surface area (Å²) in [7, 11) is 0. The molecule has 1 unspecified atom stereocenters. The van der Waals surface area contributed by atoms with Crippen molar-refractivity contribution >= 4 is 45.3 Å². The van der Waals surface area contributed by atoms with Gasteiger partial charge in [0.1, 0.15) is 17.7 Å². The molecule has 7 atom stereocenters. The van der Waals surface area contributed by atoms with Crippen LogP contribution >= 0.6 is 15.9 Å². The van der Waals surface area contributed by atoms with Crippen molar-refractivity contribution in [2.75, 3.05) is 31.1 Å². The Kier molecular flexibility index (Phi) is 10.7. The minimum Gasteiger partial charge on any atom is -0.455 e. The minimum atomic E-state index is -1.33. The molecule has 0 saturated carbocycles. The number of alkyl halides is 1. The van der Waals surface area contributed by atoms with Gasteiger partial charge in [-0.25, -0.2) is 0 Å². The summed E-state index contributed by atoms with van der Waals surface area (Å²) in [6.07, 6.45) is 2.82. The molecule has 250 valence electrons. The molecule has 3 fully saturated rings. The number of fused-ring (bicyclic) bond motifs is 1. The number of amides is 3. The summed E-state index contributed by atoms with van der Waals surface area (Å²) in [5.41, 5.74) is 1.83. The maximum Gasteiger partial charge on any atom is 0.313 e. The van der Waals surface area contributed by atoms with Crippen LogP contribution in [0.4, 0.5) is 5.69 Å². The first-order chi connectivity index (χ1) is 22.6. The predicted octanol–water partition coefficient (Wildman–Crippen LogP) is 3.93. The van der Waals surface area contributed by atoms with Crippen LogP contribution in [0, 0.1) is 25.7 Å². The molecule has 0 aromatic heterocycles. The van der Waals surface area contributed by atoms with E-state index in [-0.39, 0.29) is 49.3 Å². The smallest absolute Gasteiger partial charge is 0.313 e. The summed E-state index contributed by atoms with van der Waals surface area (Å²) >= 11 is 3.69. The van der Waals surface area contributed by atoms with E-state index in [0.717, 1.165) is 11.1 Å². The van der Waals surface area contributed by atoms with Crippen LogP contribution in [0.25, 0.3) is 0 Å². The van der Waals surface area contributed by atoms with Gasteiger partial charge in [-0.1, -0.05) is 76.6 Å². The number of esters is 1. The van der Waals surface area contributed by atoms with Crippen molar-refractivity contribution in [3.8, 4) is 0 Å². The average molecular weight is 709 g/mol. The Morgan fingerprint density at radius 1 is 1.15 bits per heavy atom. The highest BCUT2D eigenvalue weighted by Crippen LogP contribution is 2.60. The first-order valence-electron chi connectivity index (χ1n) is 15.9. The molecule has 2 aromatic carbocycles. The van der Waals surface area contributed by atoms with Gasteiger partial charge >= 0.3 is 5.97 Å². The second kappa shape index (κ2) is 14.5. The second-order valence-electron chi connectivity index (χ2n) is 12.4. The molecule has 3 aliphatic rings. The standard InChI is InChI=1S/C36H42BrN3O7/c1-5-7-16-27(42)38-21-26(24-14-9-8-10-15-24)46-35(45)28-29-33(43)40(18-19-41)32(36(29)20-25(37)31(28)47-36)34(44)39(17-6-2)30-22(3)12-11-13-23(30)4/h5-6,8-15,25-26,28-29,31-32,41H,1-2,7,16-21H2,3-4H3,(H,38,42)/t25?,26-,28-,29+,31-,32-,36+/m1/s1. The van der Waals surface area contributed by atoms with Gasteiger partial charge in [-0.05, 0) is 43.4 Å². The number of β-amino-alcohol motifs (C(OH)–C–C–N with tert-alkyl or cyclic N) is 1. The van der Waals surface area contributed by atoms with Crippen molar-refractivity contribution in [3.05, 3.63) is 90.5 Å². The van der Waals surface area contributed by atoms with E-state index in [4.69, 9.17) is 9.47 Å². The van der Waals surface area contributed by atoms with Crippen molar-refractivity contribution in [3.63, 3.8) is 0 Å². The molecule has 11 heteroatoms. The van der Waals surface area contributed by atoms with Crippen LogP contribution in [0.3, 0.4) is 0 Å². The molecule has 0 aliphatic carbocycles. The molecule has 2 aromatic rings. The molecule has 3 amide bonds. The van der Waals surface area contributed by atoms with E-state index in [1.165, 1.54) is 4.90 Å². The van der Waals surface area contributed by atoms with Crippen molar-refractivity contribution in [1.82, 2.24) is 10.2 Å². The number of ether oxygens (including phenoxy) is 2. The molecule has 2 N–H and O–H groups in total. The summed E-state index contributed by atoms with van der Waals surface area (Å²) in [5, 5.41) is 12.9. The van der Waals surface area contributed by atoms with Crippen molar-refractivity contribution in [2.24, 2.45) is 11.8 Å². The molecule has 3 heterocycles. The SMILES string of the molecule is C=CCCC(=O)NC[C@@H](OC(=O)[C@H]1[C@@H]2O[C@@]3(CC2Br)[C@@H]1C(=O)N(CCO)[C@@H]3C(=O)N(CC=C)c1c(C)cccc1C)c1ccccc1. The summed E-state index contributed by atoms with van der Waals surface area (Å²) in [6.45, 7) is 11.1. The quantitative estimate of drug-likeness (QED) is 0.173. The largest absolute Gasteiger partial charge is 0.455 e. The van der Waals surface area contributed by atoms with E-state index in [0.29, 0.717) is 24.1 Å². The third-order valence-corrected chi connectivity index (χ3v) is 10.3. The number of likely N-dealkylation sites (tertiary alicyclic amines) is 1. The Balaban J connectivity index is 1.48. The van der Waals surface area contributed by atoms with E-state index in [9.17, 15) is 24.3 Å². The molecule has 5 rings (SSSR count). The first-order valence-corrected chi connectivity index (χ1v) is 16.9. The van der Waals surface area contributed by atoms with E-state index < -0.39 is 47.6 Å². The molecule has 2 bridgehead atoms. The lowest BCUT2D eigenvalue weighted by molar-refractivity contribution is -0.160. The molecule has 3 saturated heterocycles.